The fourth-order valence-electron chi connectivity index (χ4n) is 2.52. The van der Waals surface area contributed by atoms with E-state index in [4.69, 9.17) is 11.6 Å². The third-order valence-corrected chi connectivity index (χ3v) is 4.40. The van der Waals surface area contributed by atoms with E-state index in [9.17, 15) is 0 Å². The summed E-state index contributed by atoms with van der Waals surface area (Å²) in [5.41, 5.74) is 2.89. The zero-order valence-electron chi connectivity index (χ0n) is 10.5. The summed E-state index contributed by atoms with van der Waals surface area (Å²) < 4.78 is 0. The summed E-state index contributed by atoms with van der Waals surface area (Å²) in [6.07, 6.45) is 5.65. The Bertz CT molecular complexity index is 380. The minimum absolute atomic E-state index is 0.598. The molecule has 0 amide bonds. The monoisotopic (exact) mass is 269 g/mol. The molecular formula is C14H20ClNS. The molecule has 0 aromatic heterocycles. The molecule has 0 bridgehead atoms. The van der Waals surface area contributed by atoms with Gasteiger partial charge in [-0.1, -0.05) is 24.6 Å². The number of fused-ring (bicyclic) bond motifs is 1. The highest BCUT2D eigenvalue weighted by atomic mass is 35.5. The molecule has 0 fully saturated rings. The third-order valence-electron chi connectivity index (χ3n) is 3.43. The molecule has 1 nitrogen and oxygen atoms in total. The van der Waals surface area contributed by atoms with Gasteiger partial charge in [-0.2, -0.15) is 11.8 Å². The molecule has 3 heteroatoms. The average Bonchev–Trinajstić information content (AvgIpc) is 2.69. The van der Waals surface area contributed by atoms with E-state index in [0.29, 0.717) is 12.1 Å². The summed E-state index contributed by atoms with van der Waals surface area (Å²) in [6, 6.07) is 7.53. The molecule has 0 saturated carbocycles. The molecule has 0 heterocycles. The van der Waals surface area contributed by atoms with Crippen molar-refractivity contribution in [1.29, 1.82) is 0 Å². The first-order valence-electron chi connectivity index (χ1n) is 6.25. The quantitative estimate of drug-likeness (QED) is 0.878. The standard InChI is InChI=1S/C14H20ClNS/c1-3-13(9-17-2)16-14-7-10-4-5-12(15)6-11(10)8-14/h4-6,13-14,16H,3,7-9H2,1-2H3. The van der Waals surface area contributed by atoms with Crippen molar-refractivity contribution >= 4 is 23.4 Å². The number of hydrogen-bond donors (Lipinski definition) is 1. The molecule has 94 valence electrons. The van der Waals surface area contributed by atoms with Crippen LogP contribution in [0.25, 0.3) is 0 Å². The number of hydrogen-bond acceptors (Lipinski definition) is 2. The van der Waals surface area contributed by atoms with E-state index >= 15 is 0 Å². The van der Waals surface area contributed by atoms with Gasteiger partial charge < -0.3 is 5.32 Å². The Morgan fingerprint density at radius 3 is 2.88 bits per heavy atom. The second-order valence-electron chi connectivity index (χ2n) is 4.75. The first-order valence-corrected chi connectivity index (χ1v) is 8.02. The van der Waals surface area contributed by atoms with Crippen molar-refractivity contribution in [3.05, 3.63) is 34.3 Å². The van der Waals surface area contributed by atoms with Gasteiger partial charge in [0, 0.05) is 22.9 Å². The number of halogens is 1. The van der Waals surface area contributed by atoms with Crippen LogP contribution in [0.3, 0.4) is 0 Å². The highest BCUT2D eigenvalue weighted by molar-refractivity contribution is 7.98. The van der Waals surface area contributed by atoms with Gasteiger partial charge in [-0.3, -0.25) is 0 Å². The summed E-state index contributed by atoms with van der Waals surface area (Å²) in [5.74, 6) is 1.20. The molecule has 1 N–H and O–H groups in total. The summed E-state index contributed by atoms with van der Waals surface area (Å²) in [4.78, 5) is 0. The van der Waals surface area contributed by atoms with E-state index in [1.807, 2.05) is 17.8 Å². The van der Waals surface area contributed by atoms with E-state index in [2.05, 4.69) is 30.6 Å². The summed E-state index contributed by atoms with van der Waals surface area (Å²) in [6.45, 7) is 2.26. The first-order chi connectivity index (χ1) is 8.22. The molecule has 0 saturated heterocycles. The van der Waals surface area contributed by atoms with Gasteiger partial charge in [-0.15, -0.1) is 0 Å². The van der Waals surface area contributed by atoms with Crippen LogP contribution in [0.1, 0.15) is 24.5 Å². The van der Waals surface area contributed by atoms with Gasteiger partial charge in [0.15, 0.2) is 0 Å². The molecule has 2 atom stereocenters. The van der Waals surface area contributed by atoms with Gasteiger partial charge >= 0.3 is 0 Å². The second kappa shape index (κ2) is 6.12. The smallest absolute Gasteiger partial charge is 0.0408 e. The van der Waals surface area contributed by atoms with E-state index in [0.717, 1.165) is 17.9 Å². The van der Waals surface area contributed by atoms with E-state index < -0.39 is 0 Å². The number of nitrogens with one attached hydrogen (secondary N) is 1. The molecule has 2 rings (SSSR count). The lowest BCUT2D eigenvalue weighted by Crippen LogP contribution is -2.40. The summed E-state index contributed by atoms with van der Waals surface area (Å²) in [5, 5.41) is 4.63. The van der Waals surface area contributed by atoms with Crippen LogP contribution in [0.5, 0.6) is 0 Å². The Morgan fingerprint density at radius 2 is 2.18 bits per heavy atom. The number of benzene rings is 1. The molecule has 0 aliphatic heterocycles. The lowest BCUT2D eigenvalue weighted by atomic mass is 10.1. The first kappa shape index (κ1) is 13.3. The Kier molecular flexibility index (Phi) is 4.78. The molecule has 1 aromatic rings. The zero-order valence-corrected chi connectivity index (χ0v) is 12.1. The maximum absolute atomic E-state index is 6.03. The predicted molar refractivity (Wildman–Crippen MR) is 78.2 cm³/mol. The van der Waals surface area contributed by atoms with Crippen LogP contribution >= 0.6 is 23.4 Å². The Labute approximate surface area is 113 Å². The van der Waals surface area contributed by atoms with Gasteiger partial charge in [-0.25, -0.2) is 0 Å². The van der Waals surface area contributed by atoms with Crippen LogP contribution in [0.4, 0.5) is 0 Å². The zero-order chi connectivity index (χ0) is 12.3. The molecule has 1 aromatic carbocycles. The fourth-order valence-corrected chi connectivity index (χ4v) is 3.45. The minimum Gasteiger partial charge on any atom is -0.310 e. The normalized spacial score (nSPS) is 20.3. The van der Waals surface area contributed by atoms with Gasteiger partial charge in [0.1, 0.15) is 0 Å². The highest BCUT2D eigenvalue weighted by Gasteiger charge is 2.23. The minimum atomic E-state index is 0.598. The Morgan fingerprint density at radius 1 is 1.41 bits per heavy atom. The Balaban J connectivity index is 1.95. The van der Waals surface area contributed by atoms with Crippen molar-refractivity contribution in [2.75, 3.05) is 12.0 Å². The highest BCUT2D eigenvalue weighted by Crippen LogP contribution is 2.25. The van der Waals surface area contributed by atoms with Crippen molar-refractivity contribution in [1.82, 2.24) is 5.32 Å². The van der Waals surface area contributed by atoms with Gasteiger partial charge in [0.25, 0.3) is 0 Å². The van der Waals surface area contributed by atoms with Crippen LogP contribution in [0.15, 0.2) is 18.2 Å². The largest absolute Gasteiger partial charge is 0.310 e. The van der Waals surface area contributed by atoms with Gasteiger partial charge in [-0.05, 0) is 48.8 Å². The van der Waals surface area contributed by atoms with Crippen molar-refractivity contribution in [2.45, 2.75) is 38.3 Å². The van der Waals surface area contributed by atoms with Crippen LogP contribution in [0.2, 0.25) is 5.02 Å². The number of rotatable bonds is 5. The lowest BCUT2D eigenvalue weighted by molar-refractivity contribution is 0.452. The van der Waals surface area contributed by atoms with Crippen molar-refractivity contribution < 1.29 is 0 Å². The van der Waals surface area contributed by atoms with Crippen molar-refractivity contribution in [2.24, 2.45) is 0 Å². The maximum Gasteiger partial charge on any atom is 0.0408 e. The molecule has 0 spiro atoms. The summed E-state index contributed by atoms with van der Waals surface area (Å²) in [7, 11) is 0. The SMILES string of the molecule is CCC(CSC)NC1Cc2ccc(Cl)cc2C1. The Hall–Kier alpha value is -0.180. The van der Waals surface area contributed by atoms with Crippen LogP contribution < -0.4 is 5.32 Å². The van der Waals surface area contributed by atoms with Crippen molar-refractivity contribution in [3.8, 4) is 0 Å². The molecule has 1 aliphatic rings. The predicted octanol–water partition coefficient (Wildman–Crippen LogP) is 3.54. The molecular weight excluding hydrogens is 250 g/mol. The van der Waals surface area contributed by atoms with E-state index in [-0.39, 0.29) is 0 Å². The van der Waals surface area contributed by atoms with Crippen LogP contribution in [0, 0.1) is 0 Å². The lowest BCUT2D eigenvalue weighted by Gasteiger charge is -2.20. The van der Waals surface area contributed by atoms with E-state index in [1.54, 1.807) is 0 Å². The van der Waals surface area contributed by atoms with Crippen molar-refractivity contribution in [3.63, 3.8) is 0 Å². The number of thioether (sulfide) groups is 1. The topological polar surface area (TPSA) is 12.0 Å². The second-order valence-corrected chi connectivity index (χ2v) is 6.09. The maximum atomic E-state index is 6.03. The van der Waals surface area contributed by atoms with Gasteiger partial charge in [0.05, 0.1) is 0 Å². The summed E-state index contributed by atoms with van der Waals surface area (Å²) >= 11 is 7.95. The van der Waals surface area contributed by atoms with Gasteiger partial charge in [0.2, 0.25) is 0 Å². The van der Waals surface area contributed by atoms with E-state index in [1.165, 1.54) is 23.3 Å². The molecule has 17 heavy (non-hydrogen) atoms. The third kappa shape index (κ3) is 3.40. The molecule has 1 aliphatic carbocycles. The van der Waals surface area contributed by atoms with Crippen LogP contribution in [-0.2, 0) is 12.8 Å². The van der Waals surface area contributed by atoms with Crippen LogP contribution in [-0.4, -0.2) is 24.1 Å². The molecule has 2 unspecified atom stereocenters. The molecule has 0 radical (unpaired) electrons. The average molecular weight is 270 g/mol. The fraction of sp³-hybridized carbons (Fsp3) is 0.571.